The highest BCUT2D eigenvalue weighted by Gasteiger charge is 2.24. The highest BCUT2D eigenvalue weighted by molar-refractivity contribution is 5.91. The smallest absolute Gasteiger partial charge is 0.408 e. The van der Waals surface area contributed by atoms with Crippen LogP contribution in [-0.4, -0.2) is 72.6 Å². The van der Waals surface area contributed by atoms with Crippen LogP contribution in [0, 0.1) is 0 Å². The number of aliphatic hydroxyl groups excluding tert-OH is 1. The molecule has 11 heteroatoms. The molecule has 11 nitrogen and oxygen atoms in total. The summed E-state index contributed by atoms with van der Waals surface area (Å²) in [6, 6.07) is 7.06. The van der Waals surface area contributed by atoms with E-state index in [1.165, 1.54) is 0 Å². The predicted molar refractivity (Wildman–Crippen MR) is 114 cm³/mol. The number of nitrogens with one attached hydrogen (secondary N) is 4. The minimum atomic E-state index is -1.31. The van der Waals surface area contributed by atoms with Crippen molar-refractivity contribution in [3.63, 3.8) is 0 Å². The Balaban J connectivity index is 2.38. The standard InChI is InChI=1S/C21H30N4O7/c1-21(2,3)32-20(31)25-16(13-27)19(30)23-10-17(28)22-11-18(29)24-15(12-26)9-14-7-5-4-6-8-14/h4-8,12,15-16,27H,9-11,13H2,1-3H3,(H,22,28)(H,23,30)(H,24,29)(H,25,31)/t15-,16-/m0/s1. The Bertz CT molecular complexity index is 793. The van der Waals surface area contributed by atoms with E-state index in [0.717, 1.165) is 5.56 Å². The molecule has 0 heterocycles. The second kappa shape index (κ2) is 13.1. The molecule has 0 aromatic heterocycles. The molecule has 5 N–H and O–H groups in total. The molecule has 0 fully saturated rings. The molecular weight excluding hydrogens is 420 g/mol. The van der Waals surface area contributed by atoms with Crippen LogP contribution in [0.2, 0.25) is 0 Å². The summed E-state index contributed by atoms with van der Waals surface area (Å²) in [6.07, 6.45) is 0.0282. The van der Waals surface area contributed by atoms with Crippen LogP contribution in [0.5, 0.6) is 0 Å². The number of carbonyl (C=O) groups is 5. The fourth-order valence-electron chi connectivity index (χ4n) is 2.43. The van der Waals surface area contributed by atoms with E-state index in [4.69, 9.17) is 4.74 Å². The maximum absolute atomic E-state index is 12.0. The van der Waals surface area contributed by atoms with E-state index in [9.17, 15) is 29.1 Å². The molecule has 0 aliphatic rings. The lowest BCUT2D eigenvalue weighted by Crippen LogP contribution is -2.52. The molecule has 0 spiro atoms. The van der Waals surface area contributed by atoms with Crippen LogP contribution in [0.25, 0.3) is 0 Å². The molecule has 2 atom stereocenters. The minimum Gasteiger partial charge on any atom is -0.444 e. The van der Waals surface area contributed by atoms with Crippen molar-refractivity contribution in [3.8, 4) is 0 Å². The SMILES string of the molecule is CC(C)(C)OC(=O)N[C@@H](CO)C(=O)NCC(=O)NCC(=O)N[C@H](C=O)Cc1ccccc1. The van der Waals surface area contributed by atoms with Crippen molar-refractivity contribution < 1.29 is 33.8 Å². The van der Waals surface area contributed by atoms with Crippen LogP contribution in [-0.2, 0) is 30.3 Å². The number of aldehydes is 1. The summed E-state index contributed by atoms with van der Waals surface area (Å²) < 4.78 is 5.00. The van der Waals surface area contributed by atoms with Gasteiger partial charge in [0.25, 0.3) is 0 Å². The van der Waals surface area contributed by atoms with Gasteiger partial charge in [-0.25, -0.2) is 4.79 Å². The average molecular weight is 450 g/mol. The van der Waals surface area contributed by atoms with Crippen LogP contribution in [0.1, 0.15) is 26.3 Å². The molecule has 176 valence electrons. The molecule has 4 amide bonds. The number of hydrogen-bond acceptors (Lipinski definition) is 7. The van der Waals surface area contributed by atoms with Gasteiger partial charge in [-0.05, 0) is 32.8 Å². The van der Waals surface area contributed by atoms with Crippen LogP contribution >= 0.6 is 0 Å². The van der Waals surface area contributed by atoms with E-state index in [2.05, 4.69) is 21.3 Å². The molecule has 0 radical (unpaired) electrons. The Morgan fingerprint density at radius 1 is 1.00 bits per heavy atom. The zero-order chi connectivity index (χ0) is 24.1. The fourth-order valence-corrected chi connectivity index (χ4v) is 2.43. The summed E-state index contributed by atoms with van der Waals surface area (Å²) in [5.74, 6) is -2.05. The number of aliphatic hydroxyl groups is 1. The van der Waals surface area contributed by atoms with Gasteiger partial charge >= 0.3 is 6.09 Å². The third kappa shape index (κ3) is 11.1. The summed E-state index contributed by atoms with van der Waals surface area (Å²) in [4.78, 5) is 58.8. The number of alkyl carbamates (subject to hydrolysis) is 1. The molecular formula is C21H30N4O7. The van der Waals surface area contributed by atoms with E-state index in [-0.39, 0.29) is 0 Å². The Labute approximate surface area is 186 Å². The second-order valence-corrected chi connectivity index (χ2v) is 7.88. The number of rotatable bonds is 11. The topological polar surface area (TPSA) is 163 Å². The Hall–Kier alpha value is -3.47. The number of benzene rings is 1. The van der Waals surface area contributed by atoms with Crippen molar-refractivity contribution in [1.29, 1.82) is 0 Å². The zero-order valence-corrected chi connectivity index (χ0v) is 18.3. The monoisotopic (exact) mass is 450 g/mol. The molecule has 0 saturated heterocycles. The Kier molecular flexibility index (Phi) is 10.8. The van der Waals surface area contributed by atoms with Crippen molar-refractivity contribution in [2.75, 3.05) is 19.7 Å². The molecule has 32 heavy (non-hydrogen) atoms. The van der Waals surface area contributed by atoms with Crippen LogP contribution in [0.15, 0.2) is 30.3 Å². The van der Waals surface area contributed by atoms with E-state index in [0.29, 0.717) is 12.7 Å². The van der Waals surface area contributed by atoms with Crippen LogP contribution in [0.4, 0.5) is 4.79 Å². The number of ether oxygens (including phenoxy) is 1. The summed E-state index contributed by atoms with van der Waals surface area (Å²) in [5, 5.41) is 18.5. The lowest BCUT2D eigenvalue weighted by Gasteiger charge is -2.22. The first-order valence-corrected chi connectivity index (χ1v) is 9.97. The van der Waals surface area contributed by atoms with Gasteiger partial charge in [-0.2, -0.15) is 0 Å². The highest BCUT2D eigenvalue weighted by atomic mass is 16.6. The normalized spacial score (nSPS) is 12.6. The molecule has 1 rings (SSSR count). The Morgan fingerprint density at radius 3 is 2.19 bits per heavy atom. The molecule has 0 unspecified atom stereocenters. The van der Waals surface area contributed by atoms with Gasteiger partial charge in [-0.1, -0.05) is 30.3 Å². The van der Waals surface area contributed by atoms with Crippen molar-refractivity contribution in [2.24, 2.45) is 0 Å². The molecule has 1 aromatic carbocycles. The predicted octanol–water partition coefficient (Wildman–Crippen LogP) is -0.969. The average Bonchev–Trinajstić information content (AvgIpc) is 2.73. The molecule has 1 aromatic rings. The van der Waals surface area contributed by atoms with Crippen molar-refractivity contribution in [2.45, 2.75) is 44.9 Å². The van der Waals surface area contributed by atoms with E-state index in [1.807, 2.05) is 30.3 Å². The Morgan fingerprint density at radius 2 is 1.62 bits per heavy atom. The van der Waals surface area contributed by atoms with Gasteiger partial charge in [-0.3, -0.25) is 14.4 Å². The largest absolute Gasteiger partial charge is 0.444 e. The third-order valence-electron chi connectivity index (χ3n) is 3.87. The minimum absolute atomic E-state index is 0.313. The third-order valence-corrected chi connectivity index (χ3v) is 3.87. The second-order valence-electron chi connectivity index (χ2n) is 7.88. The van der Waals surface area contributed by atoms with Gasteiger partial charge in [0, 0.05) is 0 Å². The van der Waals surface area contributed by atoms with Crippen molar-refractivity contribution in [1.82, 2.24) is 21.3 Å². The van der Waals surface area contributed by atoms with Gasteiger partial charge in [-0.15, -0.1) is 0 Å². The molecule has 0 saturated carbocycles. The first-order chi connectivity index (χ1) is 15.0. The number of amides is 4. The quantitative estimate of drug-likeness (QED) is 0.271. The van der Waals surface area contributed by atoms with E-state index in [1.54, 1.807) is 20.8 Å². The van der Waals surface area contributed by atoms with Gasteiger partial charge < -0.3 is 35.9 Å². The number of hydrogen-bond donors (Lipinski definition) is 5. The zero-order valence-electron chi connectivity index (χ0n) is 18.3. The fraction of sp³-hybridized carbons (Fsp3) is 0.476. The molecule has 0 aliphatic heterocycles. The first kappa shape index (κ1) is 26.6. The van der Waals surface area contributed by atoms with Gasteiger partial charge in [0.2, 0.25) is 17.7 Å². The van der Waals surface area contributed by atoms with E-state index < -0.39 is 61.2 Å². The van der Waals surface area contributed by atoms with Gasteiger partial charge in [0.15, 0.2) is 0 Å². The summed E-state index contributed by atoms with van der Waals surface area (Å²) in [7, 11) is 0. The summed E-state index contributed by atoms with van der Waals surface area (Å²) >= 11 is 0. The van der Waals surface area contributed by atoms with Gasteiger partial charge in [0.1, 0.15) is 17.9 Å². The summed E-state index contributed by atoms with van der Waals surface area (Å²) in [5.41, 5.74) is 0.0837. The maximum atomic E-state index is 12.0. The lowest BCUT2D eigenvalue weighted by atomic mass is 10.1. The summed E-state index contributed by atoms with van der Waals surface area (Å²) in [6.45, 7) is 3.33. The highest BCUT2D eigenvalue weighted by Crippen LogP contribution is 2.06. The van der Waals surface area contributed by atoms with Crippen molar-refractivity contribution >= 4 is 30.1 Å². The molecule has 0 aliphatic carbocycles. The van der Waals surface area contributed by atoms with Crippen LogP contribution in [0.3, 0.4) is 0 Å². The lowest BCUT2D eigenvalue weighted by molar-refractivity contribution is -0.129. The first-order valence-electron chi connectivity index (χ1n) is 9.97. The maximum Gasteiger partial charge on any atom is 0.408 e. The van der Waals surface area contributed by atoms with Gasteiger partial charge in [0.05, 0.1) is 25.7 Å². The van der Waals surface area contributed by atoms with E-state index >= 15 is 0 Å². The molecule has 0 bridgehead atoms. The van der Waals surface area contributed by atoms with Crippen LogP contribution < -0.4 is 21.3 Å². The number of carbonyl (C=O) groups excluding carboxylic acids is 5. The van der Waals surface area contributed by atoms with Crippen molar-refractivity contribution in [3.05, 3.63) is 35.9 Å².